The van der Waals surface area contributed by atoms with Gasteiger partial charge in [-0.3, -0.25) is 4.90 Å². The van der Waals surface area contributed by atoms with E-state index in [9.17, 15) is 14.7 Å². The molecule has 5 heteroatoms. The van der Waals surface area contributed by atoms with Crippen LogP contribution in [0, 0.1) is 0 Å². The molecule has 0 aliphatic carbocycles. The molecule has 0 saturated heterocycles. The van der Waals surface area contributed by atoms with E-state index in [-0.39, 0.29) is 12.1 Å². The van der Waals surface area contributed by atoms with Gasteiger partial charge in [0, 0.05) is 18.2 Å². The number of nitrogens with zero attached hydrogens (tertiary/aromatic N) is 1. The smallest absolute Gasteiger partial charge is 0.327 e. The van der Waals surface area contributed by atoms with Gasteiger partial charge in [0.1, 0.15) is 6.04 Å². The van der Waals surface area contributed by atoms with Crippen LogP contribution in [0.5, 0.6) is 0 Å². The number of aliphatic carboxylic acids is 1. The van der Waals surface area contributed by atoms with Crippen molar-refractivity contribution < 1.29 is 14.7 Å². The maximum atomic E-state index is 12.4. The van der Waals surface area contributed by atoms with Gasteiger partial charge < -0.3 is 10.4 Å². The summed E-state index contributed by atoms with van der Waals surface area (Å²) in [6.45, 7) is 3.98. The van der Waals surface area contributed by atoms with Crippen molar-refractivity contribution in [3.63, 3.8) is 0 Å². The second-order valence-electron chi connectivity index (χ2n) is 5.20. The number of carboxylic acid groups (broad SMARTS) is 1. The first kappa shape index (κ1) is 14.4. The molecular weight excluding hydrogens is 256 g/mol. The predicted molar refractivity (Wildman–Crippen MR) is 77.0 cm³/mol. The number of nitrogens with one attached hydrogen (secondary N) is 1. The summed E-state index contributed by atoms with van der Waals surface area (Å²) in [6, 6.07) is 6.23. The van der Waals surface area contributed by atoms with Gasteiger partial charge in [-0.2, -0.15) is 0 Å². The minimum atomic E-state index is -0.973. The Balaban J connectivity index is 2.22. The Kier molecular flexibility index (Phi) is 4.27. The van der Waals surface area contributed by atoms with E-state index in [1.807, 2.05) is 32.0 Å². The standard InChI is InChI=1S/C15H20N2O3/c1-3-6-10(2)16-15(20)17-12-8-5-4-7-11(12)9-13(17)14(18)19/h4-5,7-8,10,13H,3,6,9H2,1-2H3,(H,16,20)(H,18,19). The Labute approximate surface area is 118 Å². The maximum Gasteiger partial charge on any atom is 0.327 e. The van der Waals surface area contributed by atoms with Gasteiger partial charge in [-0.05, 0) is 25.0 Å². The summed E-state index contributed by atoms with van der Waals surface area (Å²) < 4.78 is 0. The lowest BCUT2D eigenvalue weighted by molar-refractivity contribution is -0.138. The number of urea groups is 1. The number of fused-ring (bicyclic) bond motifs is 1. The zero-order chi connectivity index (χ0) is 14.7. The molecule has 0 bridgehead atoms. The molecule has 2 atom stereocenters. The van der Waals surface area contributed by atoms with Crippen LogP contribution < -0.4 is 10.2 Å². The summed E-state index contributed by atoms with van der Waals surface area (Å²) in [5, 5.41) is 12.2. The van der Waals surface area contributed by atoms with E-state index >= 15 is 0 Å². The van der Waals surface area contributed by atoms with Crippen LogP contribution in [0.1, 0.15) is 32.3 Å². The fourth-order valence-electron chi connectivity index (χ4n) is 2.62. The lowest BCUT2D eigenvalue weighted by atomic mass is 10.1. The van der Waals surface area contributed by atoms with Crippen LogP contribution in [0.25, 0.3) is 0 Å². The van der Waals surface area contributed by atoms with E-state index in [4.69, 9.17) is 0 Å². The Morgan fingerprint density at radius 3 is 2.80 bits per heavy atom. The highest BCUT2D eigenvalue weighted by Gasteiger charge is 2.38. The number of para-hydroxylation sites is 1. The van der Waals surface area contributed by atoms with Gasteiger partial charge in [0.25, 0.3) is 0 Å². The molecule has 1 aromatic carbocycles. The van der Waals surface area contributed by atoms with Crippen molar-refractivity contribution in [3.8, 4) is 0 Å². The Hall–Kier alpha value is -2.04. The predicted octanol–water partition coefficient (Wildman–Crippen LogP) is 2.40. The van der Waals surface area contributed by atoms with Crippen LogP contribution in [0.4, 0.5) is 10.5 Å². The maximum absolute atomic E-state index is 12.4. The molecular formula is C15H20N2O3. The SMILES string of the molecule is CCCC(C)NC(=O)N1c2ccccc2CC1C(=O)O. The molecule has 108 valence electrons. The molecule has 1 aliphatic rings. The van der Waals surface area contributed by atoms with Gasteiger partial charge in [0.05, 0.1) is 0 Å². The zero-order valence-corrected chi connectivity index (χ0v) is 11.8. The van der Waals surface area contributed by atoms with Crippen molar-refractivity contribution in [1.29, 1.82) is 0 Å². The average molecular weight is 276 g/mol. The van der Waals surface area contributed by atoms with Crippen LogP contribution >= 0.6 is 0 Å². The first-order valence-electron chi connectivity index (χ1n) is 6.95. The van der Waals surface area contributed by atoms with Crippen molar-refractivity contribution >= 4 is 17.7 Å². The molecule has 2 amide bonds. The van der Waals surface area contributed by atoms with E-state index in [0.29, 0.717) is 12.1 Å². The fourth-order valence-corrected chi connectivity index (χ4v) is 2.62. The van der Waals surface area contributed by atoms with Gasteiger partial charge >= 0.3 is 12.0 Å². The number of rotatable bonds is 4. The summed E-state index contributed by atoms with van der Waals surface area (Å²) >= 11 is 0. The van der Waals surface area contributed by atoms with Crippen LogP contribution in [-0.2, 0) is 11.2 Å². The zero-order valence-electron chi connectivity index (χ0n) is 11.8. The van der Waals surface area contributed by atoms with Crippen LogP contribution in [0.15, 0.2) is 24.3 Å². The molecule has 5 nitrogen and oxygen atoms in total. The molecule has 0 spiro atoms. The van der Waals surface area contributed by atoms with Crippen molar-refractivity contribution in [2.24, 2.45) is 0 Å². The van der Waals surface area contributed by atoms with Gasteiger partial charge in [-0.25, -0.2) is 9.59 Å². The van der Waals surface area contributed by atoms with E-state index in [0.717, 1.165) is 18.4 Å². The number of anilines is 1. The lowest BCUT2D eigenvalue weighted by Crippen LogP contribution is -2.50. The minimum absolute atomic E-state index is 0.0368. The monoisotopic (exact) mass is 276 g/mol. The van der Waals surface area contributed by atoms with Crippen LogP contribution in [0.2, 0.25) is 0 Å². The third-order valence-corrected chi connectivity index (χ3v) is 3.57. The van der Waals surface area contributed by atoms with E-state index in [1.54, 1.807) is 6.07 Å². The number of hydrogen-bond donors (Lipinski definition) is 2. The van der Waals surface area contributed by atoms with E-state index < -0.39 is 12.0 Å². The van der Waals surface area contributed by atoms with Crippen molar-refractivity contribution in [3.05, 3.63) is 29.8 Å². The lowest BCUT2D eigenvalue weighted by Gasteiger charge is -2.25. The fraction of sp³-hybridized carbons (Fsp3) is 0.467. The van der Waals surface area contributed by atoms with Gasteiger partial charge in [-0.15, -0.1) is 0 Å². The first-order valence-corrected chi connectivity index (χ1v) is 6.95. The van der Waals surface area contributed by atoms with Gasteiger partial charge in [0.2, 0.25) is 0 Å². The highest BCUT2D eigenvalue weighted by Crippen LogP contribution is 2.32. The van der Waals surface area contributed by atoms with Gasteiger partial charge in [-0.1, -0.05) is 31.5 Å². The Morgan fingerprint density at radius 1 is 1.45 bits per heavy atom. The van der Waals surface area contributed by atoms with Gasteiger partial charge in [0.15, 0.2) is 0 Å². The molecule has 2 rings (SSSR count). The molecule has 0 radical (unpaired) electrons. The molecule has 2 N–H and O–H groups in total. The third kappa shape index (κ3) is 2.76. The summed E-state index contributed by atoms with van der Waals surface area (Å²) in [5.41, 5.74) is 1.60. The minimum Gasteiger partial charge on any atom is -0.480 e. The van der Waals surface area contributed by atoms with E-state index in [2.05, 4.69) is 5.32 Å². The number of carbonyl (C=O) groups excluding carboxylic acids is 1. The summed E-state index contributed by atoms with van der Waals surface area (Å²) in [4.78, 5) is 25.1. The molecule has 1 aliphatic heterocycles. The molecule has 0 aromatic heterocycles. The highest BCUT2D eigenvalue weighted by atomic mass is 16.4. The number of carboxylic acids is 1. The van der Waals surface area contributed by atoms with Crippen molar-refractivity contribution in [1.82, 2.24) is 5.32 Å². The van der Waals surface area contributed by atoms with E-state index in [1.165, 1.54) is 4.90 Å². The molecule has 0 fully saturated rings. The summed E-state index contributed by atoms with van der Waals surface area (Å²) in [7, 11) is 0. The van der Waals surface area contributed by atoms with Crippen molar-refractivity contribution in [2.45, 2.75) is 45.2 Å². The first-order chi connectivity index (χ1) is 9.54. The second-order valence-corrected chi connectivity index (χ2v) is 5.20. The number of carbonyl (C=O) groups is 2. The highest BCUT2D eigenvalue weighted by molar-refractivity contribution is 6.01. The molecule has 2 unspecified atom stereocenters. The molecule has 1 heterocycles. The topological polar surface area (TPSA) is 69.6 Å². The average Bonchev–Trinajstić information content (AvgIpc) is 2.78. The Morgan fingerprint density at radius 2 is 2.15 bits per heavy atom. The normalized spacial score (nSPS) is 18.5. The number of benzene rings is 1. The summed E-state index contributed by atoms with van der Waals surface area (Å²) in [6.07, 6.45) is 2.21. The quantitative estimate of drug-likeness (QED) is 0.887. The number of amides is 2. The molecule has 20 heavy (non-hydrogen) atoms. The third-order valence-electron chi connectivity index (χ3n) is 3.57. The largest absolute Gasteiger partial charge is 0.480 e. The van der Waals surface area contributed by atoms with Crippen molar-refractivity contribution in [2.75, 3.05) is 4.90 Å². The second kappa shape index (κ2) is 5.94. The molecule has 1 aromatic rings. The molecule has 0 saturated carbocycles. The Bertz CT molecular complexity index is 516. The van der Waals surface area contributed by atoms with Crippen LogP contribution in [0.3, 0.4) is 0 Å². The summed E-state index contributed by atoms with van der Waals surface area (Å²) in [5.74, 6) is -0.973. The number of hydrogen-bond acceptors (Lipinski definition) is 2. The van der Waals surface area contributed by atoms with Crippen LogP contribution in [-0.4, -0.2) is 29.2 Å².